The molecule has 124 valence electrons. The molecule has 1 atom stereocenters. The van der Waals surface area contributed by atoms with E-state index in [1.54, 1.807) is 14.2 Å². The van der Waals surface area contributed by atoms with Gasteiger partial charge in [-0.2, -0.15) is 0 Å². The second kappa shape index (κ2) is 8.95. The van der Waals surface area contributed by atoms with Crippen molar-refractivity contribution in [1.29, 1.82) is 0 Å². The number of aromatic nitrogens is 1. The highest BCUT2D eigenvalue weighted by Gasteiger charge is 2.04. The van der Waals surface area contributed by atoms with Crippen LogP contribution in [0.3, 0.4) is 0 Å². The van der Waals surface area contributed by atoms with Crippen LogP contribution >= 0.6 is 0 Å². The Bertz CT molecular complexity index is 644. The Morgan fingerprint density at radius 3 is 2.83 bits per heavy atom. The third-order valence-corrected chi connectivity index (χ3v) is 3.35. The summed E-state index contributed by atoms with van der Waals surface area (Å²) in [6.45, 7) is 4.19. The molecule has 1 aromatic carbocycles. The van der Waals surface area contributed by atoms with E-state index in [4.69, 9.17) is 4.74 Å². The first-order valence-corrected chi connectivity index (χ1v) is 7.78. The number of nitrogens with zero attached hydrogens (tertiary/aromatic N) is 2. The van der Waals surface area contributed by atoms with E-state index < -0.39 is 0 Å². The van der Waals surface area contributed by atoms with Crippen LogP contribution in [0, 0.1) is 0 Å². The summed E-state index contributed by atoms with van der Waals surface area (Å²) in [6.07, 6.45) is 0. The molecule has 0 radical (unpaired) electrons. The lowest BCUT2D eigenvalue weighted by Crippen LogP contribution is -2.45. The highest BCUT2D eigenvalue weighted by molar-refractivity contribution is 5.80. The van der Waals surface area contributed by atoms with Gasteiger partial charge in [-0.15, -0.1) is 0 Å². The van der Waals surface area contributed by atoms with Crippen LogP contribution < -0.4 is 16.0 Å². The van der Waals surface area contributed by atoms with Crippen molar-refractivity contribution < 1.29 is 4.74 Å². The van der Waals surface area contributed by atoms with E-state index in [1.165, 1.54) is 0 Å². The van der Waals surface area contributed by atoms with Gasteiger partial charge in [-0.1, -0.05) is 18.2 Å². The average Bonchev–Trinajstić information content (AvgIpc) is 2.57. The molecule has 23 heavy (non-hydrogen) atoms. The Kier molecular flexibility index (Phi) is 6.62. The fourth-order valence-corrected chi connectivity index (χ4v) is 2.26. The fourth-order valence-electron chi connectivity index (χ4n) is 2.26. The number of fused-ring (bicyclic) bond motifs is 1. The summed E-state index contributed by atoms with van der Waals surface area (Å²) in [7, 11) is 3.45. The van der Waals surface area contributed by atoms with E-state index in [-0.39, 0.29) is 6.04 Å². The van der Waals surface area contributed by atoms with Gasteiger partial charge in [-0.3, -0.25) is 4.99 Å². The molecule has 0 saturated carbocycles. The van der Waals surface area contributed by atoms with Crippen molar-refractivity contribution in [1.82, 2.24) is 15.6 Å². The summed E-state index contributed by atoms with van der Waals surface area (Å²) < 4.78 is 5.10. The van der Waals surface area contributed by atoms with E-state index >= 15 is 0 Å². The van der Waals surface area contributed by atoms with E-state index in [1.807, 2.05) is 31.2 Å². The molecule has 1 heterocycles. The summed E-state index contributed by atoms with van der Waals surface area (Å²) >= 11 is 0. The number of nitrogens with one attached hydrogen (secondary N) is 3. The highest BCUT2D eigenvalue weighted by atomic mass is 16.5. The summed E-state index contributed by atoms with van der Waals surface area (Å²) in [5.74, 6) is 1.64. The minimum atomic E-state index is 0.210. The lowest BCUT2D eigenvalue weighted by molar-refractivity contribution is 0.179. The zero-order valence-electron chi connectivity index (χ0n) is 14.0. The van der Waals surface area contributed by atoms with Crippen LogP contribution in [0.5, 0.6) is 0 Å². The Labute approximate surface area is 137 Å². The number of aliphatic imine (C=N–C) groups is 1. The number of pyridine rings is 1. The number of rotatable bonds is 7. The van der Waals surface area contributed by atoms with Gasteiger partial charge in [0.15, 0.2) is 5.96 Å². The smallest absolute Gasteiger partial charge is 0.191 e. The molecule has 0 aliphatic carbocycles. The summed E-state index contributed by atoms with van der Waals surface area (Å²) in [4.78, 5) is 8.77. The van der Waals surface area contributed by atoms with Gasteiger partial charge in [-0.05, 0) is 25.1 Å². The minimum absolute atomic E-state index is 0.210. The third kappa shape index (κ3) is 5.41. The van der Waals surface area contributed by atoms with Crippen molar-refractivity contribution in [3.8, 4) is 0 Å². The quantitative estimate of drug-likeness (QED) is 0.413. The van der Waals surface area contributed by atoms with Gasteiger partial charge in [0, 0.05) is 38.7 Å². The number of guanidine groups is 1. The standard InChI is InChI=1S/C17H25N5O/c1-13(12-23-3)21-17(18-2)20-11-10-19-16-9-8-14-6-4-5-7-15(14)22-16/h4-9,13H,10-12H2,1-3H3,(H,19,22)(H2,18,20,21). The lowest BCUT2D eigenvalue weighted by Gasteiger charge is -2.17. The van der Waals surface area contributed by atoms with Crippen LogP contribution in [0.25, 0.3) is 10.9 Å². The number of anilines is 1. The number of hydrogen-bond donors (Lipinski definition) is 3. The van der Waals surface area contributed by atoms with Crippen molar-refractivity contribution in [3.63, 3.8) is 0 Å². The lowest BCUT2D eigenvalue weighted by atomic mass is 10.2. The third-order valence-electron chi connectivity index (χ3n) is 3.35. The molecular weight excluding hydrogens is 290 g/mol. The van der Waals surface area contributed by atoms with Gasteiger partial charge in [-0.25, -0.2) is 4.98 Å². The Morgan fingerprint density at radius 1 is 1.22 bits per heavy atom. The summed E-state index contributed by atoms with van der Waals surface area (Å²) in [5.41, 5.74) is 0.997. The SMILES string of the molecule is CN=C(NCCNc1ccc2ccccc2n1)NC(C)COC. The Morgan fingerprint density at radius 2 is 2.04 bits per heavy atom. The van der Waals surface area contributed by atoms with Crippen LogP contribution in [0.4, 0.5) is 5.82 Å². The molecule has 0 aliphatic heterocycles. The van der Waals surface area contributed by atoms with Gasteiger partial charge in [0.05, 0.1) is 12.1 Å². The predicted molar refractivity (Wildman–Crippen MR) is 96.1 cm³/mol. The van der Waals surface area contributed by atoms with Gasteiger partial charge in [0.2, 0.25) is 0 Å². The second-order valence-corrected chi connectivity index (χ2v) is 5.32. The van der Waals surface area contributed by atoms with Crippen LogP contribution in [0.2, 0.25) is 0 Å². The molecule has 3 N–H and O–H groups in total. The molecule has 0 saturated heterocycles. The molecule has 2 aromatic rings. The molecule has 0 fully saturated rings. The predicted octanol–water partition coefficient (Wildman–Crippen LogP) is 1.85. The first-order valence-electron chi connectivity index (χ1n) is 7.78. The molecule has 1 aromatic heterocycles. The monoisotopic (exact) mass is 315 g/mol. The molecular formula is C17H25N5O. The topological polar surface area (TPSA) is 70.6 Å². The molecule has 6 nitrogen and oxygen atoms in total. The van der Waals surface area contributed by atoms with Crippen LogP contribution in [0.15, 0.2) is 41.4 Å². The second-order valence-electron chi connectivity index (χ2n) is 5.32. The zero-order valence-corrected chi connectivity index (χ0v) is 14.0. The largest absolute Gasteiger partial charge is 0.383 e. The Balaban J connectivity index is 1.77. The van der Waals surface area contributed by atoms with Crippen molar-refractivity contribution in [2.24, 2.45) is 4.99 Å². The van der Waals surface area contributed by atoms with Crippen LogP contribution in [0.1, 0.15) is 6.92 Å². The minimum Gasteiger partial charge on any atom is -0.383 e. The van der Waals surface area contributed by atoms with E-state index in [0.29, 0.717) is 6.61 Å². The maximum Gasteiger partial charge on any atom is 0.191 e. The van der Waals surface area contributed by atoms with Gasteiger partial charge >= 0.3 is 0 Å². The molecule has 1 unspecified atom stereocenters. The number of hydrogen-bond acceptors (Lipinski definition) is 4. The highest BCUT2D eigenvalue weighted by Crippen LogP contribution is 2.13. The van der Waals surface area contributed by atoms with Crippen molar-refractivity contribution in [2.75, 3.05) is 39.2 Å². The number of benzene rings is 1. The van der Waals surface area contributed by atoms with Crippen LogP contribution in [-0.4, -0.2) is 50.8 Å². The van der Waals surface area contributed by atoms with E-state index in [0.717, 1.165) is 35.8 Å². The maximum absolute atomic E-state index is 5.10. The number of ether oxygens (including phenoxy) is 1. The van der Waals surface area contributed by atoms with Crippen LogP contribution in [-0.2, 0) is 4.74 Å². The van der Waals surface area contributed by atoms with Crippen molar-refractivity contribution >= 4 is 22.7 Å². The molecule has 0 amide bonds. The number of para-hydroxylation sites is 1. The average molecular weight is 315 g/mol. The van der Waals surface area contributed by atoms with Gasteiger partial charge in [0.1, 0.15) is 5.82 Å². The molecule has 2 rings (SSSR count). The molecule has 0 spiro atoms. The van der Waals surface area contributed by atoms with Gasteiger partial charge < -0.3 is 20.7 Å². The zero-order chi connectivity index (χ0) is 16.5. The summed E-state index contributed by atoms with van der Waals surface area (Å²) in [5, 5.41) is 11.0. The Hall–Kier alpha value is -2.34. The molecule has 6 heteroatoms. The molecule has 0 bridgehead atoms. The van der Waals surface area contributed by atoms with Gasteiger partial charge in [0.25, 0.3) is 0 Å². The first-order chi connectivity index (χ1) is 11.2. The first kappa shape index (κ1) is 17.0. The van der Waals surface area contributed by atoms with Crippen molar-refractivity contribution in [3.05, 3.63) is 36.4 Å². The van der Waals surface area contributed by atoms with E-state index in [2.05, 4.69) is 38.1 Å². The number of methoxy groups -OCH3 is 1. The molecule has 0 aliphatic rings. The normalized spacial score (nSPS) is 12.9. The fraction of sp³-hybridized carbons (Fsp3) is 0.412. The van der Waals surface area contributed by atoms with E-state index in [9.17, 15) is 0 Å². The maximum atomic E-state index is 5.10. The van der Waals surface area contributed by atoms with Crippen molar-refractivity contribution in [2.45, 2.75) is 13.0 Å². The summed E-state index contributed by atoms with van der Waals surface area (Å²) in [6, 6.07) is 12.4.